The van der Waals surface area contributed by atoms with E-state index in [0.717, 1.165) is 6.42 Å². The van der Waals surface area contributed by atoms with Gasteiger partial charge in [-0.05, 0) is 13.1 Å². The lowest BCUT2D eigenvalue weighted by molar-refractivity contribution is 1.31. The van der Waals surface area contributed by atoms with E-state index in [9.17, 15) is 0 Å². The highest BCUT2D eigenvalue weighted by Crippen LogP contribution is 1.99. The maximum atomic E-state index is 5.42. The summed E-state index contributed by atoms with van der Waals surface area (Å²) in [6, 6.07) is 0. The lowest BCUT2D eigenvalue weighted by atomic mass is 10.5. The van der Waals surface area contributed by atoms with E-state index in [1.807, 2.05) is 6.92 Å². The topological polar surface area (TPSA) is 24.7 Å². The minimum Gasteiger partial charge on any atom is -0.266 e. The Bertz CT molecular complexity index is 138. The first-order chi connectivity index (χ1) is 4.31. The molecule has 0 spiro atoms. The first kappa shape index (κ1) is 8.37. The zero-order valence-electron chi connectivity index (χ0n) is 5.34. The van der Waals surface area contributed by atoms with Crippen LogP contribution in [0.15, 0.2) is 21.3 Å². The van der Waals surface area contributed by atoms with E-state index in [1.165, 1.54) is 6.20 Å². The number of rotatable bonds is 3. The summed E-state index contributed by atoms with van der Waals surface area (Å²) in [5.41, 5.74) is 0. The van der Waals surface area contributed by atoms with Crippen molar-refractivity contribution in [2.75, 3.05) is 0 Å². The summed E-state index contributed by atoms with van der Waals surface area (Å²) >= 11 is 5.42. The third kappa shape index (κ3) is 5.24. The molecule has 3 heteroatoms. The van der Waals surface area contributed by atoms with E-state index in [2.05, 4.69) is 16.7 Å². The second-order valence-electron chi connectivity index (χ2n) is 1.35. The van der Waals surface area contributed by atoms with Crippen LogP contribution in [0, 0.1) is 0 Å². The van der Waals surface area contributed by atoms with Gasteiger partial charge in [-0.2, -0.15) is 0 Å². The predicted octanol–water partition coefficient (Wildman–Crippen LogP) is 2.21. The van der Waals surface area contributed by atoms with Crippen molar-refractivity contribution in [3.8, 4) is 0 Å². The lowest BCUT2D eigenvalue weighted by Gasteiger charge is -1.79. The van der Waals surface area contributed by atoms with Gasteiger partial charge in [0, 0.05) is 6.21 Å². The van der Waals surface area contributed by atoms with Gasteiger partial charge in [0.1, 0.15) is 5.16 Å². The number of nitrogens with zero attached hydrogens (tertiary/aromatic N) is 2. The predicted molar refractivity (Wildman–Crippen MR) is 42.3 cm³/mol. The van der Waals surface area contributed by atoms with E-state index in [-0.39, 0.29) is 0 Å². The van der Waals surface area contributed by atoms with Crippen molar-refractivity contribution < 1.29 is 0 Å². The summed E-state index contributed by atoms with van der Waals surface area (Å²) in [5.74, 6) is 0. The smallest absolute Gasteiger partial charge is 0.146 e. The summed E-state index contributed by atoms with van der Waals surface area (Å²) in [5, 5.41) is 0.319. The van der Waals surface area contributed by atoms with Gasteiger partial charge in [0.25, 0.3) is 0 Å². The Morgan fingerprint density at radius 3 is 2.89 bits per heavy atom. The molecule has 0 bridgehead atoms. The van der Waals surface area contributed by atoms with E-state index in [1.54, 1.807) is 6.21 Å². The molecule has 50 valence electrons. The quantitative estimate of drug-likeness (QED) is 0.429. The van der Waals surface area contributed by atoms with Gasteiger partial charge in [-0.25, -0.2) is 0 Å². The third-order valence-corrected chi connectivity index (χ3v) is 0.837. The van der Waals surface area contributed by atoms with Crippen LogP contribution in [0.4, 0.5) is 0 Å². The van der Waals surface area contributed by atoms with Crippen LogP contribution in [-0.4, -0.2) is 12.9 Å². The van der Waals surface area contributed by atoms with Crippen LogP contribution in [0.2, 0.25) is 0 Å². The molecular weight excluding hydrogens is 136 g/mol. The van der Waals surface area contributed by atoms with Gasteiger partial charge in [-0.3, -0.25) is 9.98 Å². The van der Waals surface area contributed by atoms with Crippen molar-refractivity contribution >= 4 is 24.5 Å². The maximum absolute atomic E-state index is 5.42. The summed E-state index contributed by atoms with van der Waals surface area (Å²) in [4.78, 5) is 7.23. The van der Waals surface area contributed by atoms with Crippen molar-refractivity contribution in [1.29, 1.82) is 0 Å². The van der Waals surface area contributed by atoms with E-state index >= 15 is 0 Å². The monoisotopic (exact) mass is 144 g/mol. The SMILES string of the molecule is C=N/C(Cl)=C\N=CCC. The molecule has 0 fully saturated rings. The Morgan fingerprint density at radius 2 is 2.44 bits per heavy atom. The Hall–Kier alpha value is -0.630. The fourth-order valence-electron chi connectivity index (χ4n) is 0.260. The zero-order valence-corrected chi connectivity index (χ0v) is 6.10. The number of aliphatic imine (C=N–C) groups is 2. The Morgan fingerprint density at radius 1 is 1.78 bits per heavy atom. The second kappa shape index (κ2) is 5.51. The van der Waals surface area contributed by atoms with Crippen LogP contribution >= 0.6 is 11.6 Å². The van der Waals surface area contributed by atoms with E-state index < -0.39 is 0 Å². The highest BCUT2D eigenvalue weighted by Gasteiger charge is 1.76. The number of hydrogen-bond donors (Lipinski definition) is 0. The van der Waals surface area contributed by atoms with Crippen LogP contribution in [0.1, 0.15) is 13.3 Å². The van der Waals surface area contributed by atoms with Crippen LogP contribution in [0.3, 0.4) is 0 Å². The molecule has 0 aliphatic heterocycles. The van der Waals surface area contributed by atoms with Crippen molar-refractivity contribution in [2.24, 2.45) is 9.98 Å². The molecule has 0 atom stereocenters. The van der Waals surface area contributed by atoms with E-state index in [4.69, 9.17) is 11.6 Å². The molecule has 0 aliphatic carbocycles. The molecule has 0 heterocycles. The molecule has 0 radical (unpaired) electrons. The molecule has 0 saturated carbocycles. The van der Waals surface area contributed by atoms with Crippen LogP contribution in [0.5, 0.6) is 0 Å². The van der Waals surface area contributed by atoms with Gasteiger partial charge in [-0.15, -0.1) is 0 Å². The highest BCUT2D eigenvalue weighted by atomic mass is 35.5. The molecule has 0 aromatic rings. The molecule has 0 aromatic heterocycles. The van der Waals surface area contributed by atoms with Gasteiger partial charge in [-0.1, -0.05) is 18.5 Å². The molecule has 0 unspecified atom stereocenters. The summed E-state index contributed by atoms with van der Waals surface area (Å²) in [7, 11) is 0. The molecule has 0 aromatic carbocycles. The molecule has 0 aliphatic rings. The Kier molecular flexibility index (Phi) is 5.12. The largest absolute Gasteiger partial charge is 0.266 e. The molecule has 0 saturated heterocycles. The maximum Gasteiger partial charge on any atom is 0.146 e. The van der Waals surface area contributed by atoms with Gasteiger partial charge in [0.15, 0.2) is 0 Å². The van der Waals surface area contributed by atoms with Gasteiger partial charge in [0.05, 0.1) is 6.20 Å². The molecule has 0 rings (SSSR count). The average Bonchev–Trinajstić information content (AvgIpc) is 1.89. The van der Waals surface area contributed by atoms with Gasteiger partial charge in [0.2, 0.25) is 0 Å². The van der Waals surface area contributed by atoms with Crippen molar-refractivity contribution in [1.82, 2.24) is 0 Å². The second-order valence-corrected chi connectivity index (χ2v) is 1.74. The molecule has 9 heavy (non-hydrogen) atoms. The average molecular weight is 145 g/mol. The van der Waals surface area contributed by atoms with E-state index in [0.29, 0.717) is 5.16 Å². The molecule has 2 nitrogen and oxygen atoms in total. The number of halogens is 1. The normalized spacial score (nSPS) is 12.4. The Balaban J connectivity index is 3.68. The first-order valence-corrected chi connectivity index (χ1v) is 3.03. The highest BCUT2D eigenvalue weighted by molar-refractivity contribution is 6.29. The van der Waals surface area contributed by atoms with Gasteiger partial charge < -0.3 is 0 Å². The fraction of sp³-hybridized carbons (Fsp3) is 0.333. The van der Waals surface area contributed by atoms with Crippen molar-refractivity contribution in [3.63, 3.8) is 0 Å². The molecule has 0 N–H and O–H groups in total. The number of hydrogen-bond acceptors (Lipinski definition) is 2. The zero-order chi connectivity index (χ0) is 7.11. The summed E-state index contributed by atoms with van der Waals surface area (Å²) in [6.07, 6.45) is 4.10. The first-order valence-electron chi connectivity index (χ1n) is 2.65. The van der Waals surface area contributed by atoms with Crippen molar-refractivity contribution in [3.05, 3.63) is 11.4 Å². The molecule has 0 amide bonds. The summed E-state index contributed by atoms with van der Waals surface area (Å²) < 4.78 is 0. The minimum atomic E-state index is 0.319. The summed E-state index contributed by atoms with van der Waals surface area (Å²) in [6.45, 7) is 5.21. The lowest BCUT2D eigenvalue weighted by Crippen LogP contribution is -1.64. The minimum absolute atomic E-state index is 0.319. The van der Waals surface area contributed by atoms with Crippen LogP contribution in [0.25, 0.3) is 0 Å². The van der Waals surface area contributed by atoms with Gasteiger partial charge >= 0.3 is 0 Å². The third-order valence-electron chi connectivity index (χ3n) is 0.620. The fourth-order valence-corrected chi connectivity index (χ4v) is 0.317. The van der Waals surface area contributed by atoms with Crippen LogP contribution < -0.4 is 0 Å². The standard InChI is InChI=1S/C6H9ClN2/c1-3-4-9-5-6(7)8-2/h4-5H,2-3H2,1H3/b6-5-,9-4?. The van der Waals surface area contributed by atoms with Crippen molar-refractivity contribution in [2.45, 2.75) is 13.3 Å². The Labute approximate surface area is 60.0 Å². The molecular formula is C6H9ClN2. The van der Waals surface area contributed by atoms with Crippen LogP contribution in [-0.2, 0) is 0 Å².